The van der Waals surface area contributed by atoms with E-state index >= 15 is 0 Å². The van der Waals surface area contributed by atoms with Gasteiger partial charge in [0.15, 0.2) is 6.29 Å². The van der Waals surface area contributed by atoms with E-state index < -0.39 is 0 Å². The molecule has 0 N–H and O–H groups in total. The molecule has 0 atom stereocenters. The number of carbonyl (C=O) groups excluding carboxylic acids is 2. The first-order valence-corrected chi connectivity index (χ1v) is 2.78. The van der Waals surface area contributed by atoms with E-state index in [1.165, 1.54) is 17.1 Å². The number of hydrogen-bond acceptors (Lipinski definition) is 3. The Balaban J connectivity index is 2.77. The van der Waals surface area contributed by atoms with E-state index in [0.29, 0.717) is 11.8 Å². The molecular formula is C6H6N2O2. The predicted octanol–water partition coefficient (Wildman–Crippen LogP) is -0.105. The molecular weight excluding hydrogens is 132 g/mol. The van der Waals surface area contributed by atoms with Crippen molar-refractivity contribution in [3.63, 3.8) is 0 Å². The van der Waals surface area contributed by atoms with Crippen molar-refractivity contribution in [2.24, 2.45) is 0 Å². The van der Waals surface area contributed by atoms with E-state index in [2.05, 4.69) is 5.10 Å². The second kappa shape index (κ2) is 2.91. The Morgan fingerprint density at radius 3 is 2.90 bits per heavy atom. The molecule has 0 aliphatic carbocycles. The molecule has 0 aliphatic rings. The summed E-state index contributed by atoms with van der Waals surface area (Å²) in [5, 5.41) is 3.73. The maximum absolute atomic E-state index is 10.1. The zero-order valence-electron chi connectivity index (χ0n) is 5.23. The van der Waals surface area contributed by atoms with Crippen molar-refractivity contribution in [2.45, 2.75) is 6.54 Å². The molecule has 4 heteroatoms. The number of aldehydes is 2. The van der Waals surface area contributed by atoms with Gasteiger partial charge in [-0.25, -0.2) is 0 Å². The minimum atomic E-state index is 0.202. The molecule has 10 heavy (non-hydrogen) atoms. The second-order valence-electron chi connectivity index (χ2n) is 1.78. The Labute approximate surface area is 57.5 Å². The lowest BCUT2D eigenvalue weighted by Gasteiger charge is -1.87. The van der Waals surface area contributed by atoms with E-state index in [4.69, 9.17) is 0 Å². The highest BCUT2D eigenvalue weighted by atomic mass is 16.1. The first kappa shape index (κ1) is 6.67. The fourth-order valence-electron chi connectivity index (χ4n) is 0.617. The van der Waals surface area contributed by atoms with Crippen LogP contribution in [0, 0.1) is 0 Å². The second-order valence-corrected chi connectivity index (χ2v) is 1.78. The van der Waals surface area contributed by atoms with Crippen molar-refractivity contribution in [1.29, 1.82) is 0 Å². The summed E-state index contributed by atoms with van der Waals surface area (Å²) >= 11 is 0. The molecule has 1 heterocycles. The summed E-state index contributed by atoms with van der Waals surface area (Å²) in [5.41, 5.74) is 0.488. The quantitative estimate of drug-likeness (QED) is 0.548. The van der Waals surface area contributed by atoms with Crippen LogP contribution in [0.3, 0.4) is 0 Å². The van der Waals surface area contributed by atoms with E-state index in [1.807, 2.05) is 0 Å². The molecule has 0 aliphatic heterocycles. The molecule has 0 aromatic carbocycles. The van der Waals surface area contributed by atoms with Crippen molar-refractivity contribution in [3.05, 3.63) is 18.0 Å². The maximum atomic E-state index is 10.1. The van der Waals surface area contributed by atoms with Gasteiger partial charge in [0, 0.05) is 6.20 Å². The average molecular weight is 138 g/mol. The van der Waals surface area contributed by atoms with E-state index in [1.54, 1.807) is 0 Å². The van der Waals surface area contributed by atoms with Crippen LogP contribution in [0.25, 0.3) is 0 Å². The molecule has 0 saturated carbocycles. The molecule has 0 fully saturated rings. The predicted molar refractivity (Wildman–Crippen MR) is 33.7 cm³/mol. The third-order valence-corrected chi connectivity index (χ3v) is 1.05. The standard InChI is InChI=1S/C6H6N2O2/c9-2-1-8-4-6(5-10)3-7-8/h2-5H,1H2. The Hall–Kier alpha value is -1.45. The van der Waals surface area contributed by atoms with Crippen LogP contribution in [0.2, 0.25) is 0 Å². The van der Waals surface area contributed by atoms with Crippen LogP contribution in [0.5, 0.6) is 0 Å². The van der Waals surface area contributed by atoms with Gasteiger partial charge in [-0.1, -0.05) is 0 Å². The fourth-order valence-corrected chi connectivity index (χ4v) is 0.617. The monoisotopic (exact) mass is 138 g/mol. The molecule has 0 radical (unpaired) electrons. The van der Waals surface area contributed by atoms with E-state index in [9.17, 15) is 9.59 Å². The molecule has 4 nitrogen and oxygen atoms in total. The van der Waals surface area contributed by atoms with Gasteiger partial charge in [-0.05, 0) is 0 Å². The Bertz CT molecular complexity index is 242. The normalized spacial score (nSPS) is 9.20. The highest BCUT2D eigenvalue weighted by Crippen LogP contribution is 1.90. The van der Waals surface area contributed by atoms with Gasteiger partial charge in [0.25, 0.3) is 0 Å². The van der Waals surface area contributed by atoms with Crippen LogP contribution in [-0.2, 0) is 11.3 Å². The molecule has 0 saturated heterocycles. The number of carbonyl (C=O) groups is 2. The number of aromatic nitrogens is 2. The summed E-state index contributed by atoms with van der Waals surface area (Å²) in [7, 11) is 0. The van der Waals surface area contributed by atoms with Crippen LogP contribution in [-0.4, -0.2) is 22.4 Å². The number of nitrogens with zero attached hydrogens (tertiary/aromatic N) is 2. The Morgan fingerprint density at radius 1 is 1.60 bits per heavy atom. The van der Waals surface area contributed by atoms with Gasteiger partial charge in [-0.2, -0.15) is 5.10 Å². The summed E-state index contributed by atoms with van der Waals surface area (Å²) in [5.74, 6) is 0. The maximum Gasteiger partial charge on any atom is 0.153 e. The lowest BCUT2D eigenvalue weighted by atomic mass is 10.4. The average Bonchev–Trinajstić information content (AvgIpc) is 2.37. The van der Waals surface area contributed by atoms with Gasteiger partial charge >= 0.3 is 0 Å². The summed E-state index contributed by atoms with van der Waals surface area (Å²) < 4.78 is 1.40. The molecule has 0 spiro atoms. The van der Waals surface area contributed by atoms with Crippen LogP contribution < -0.4 is 0 Å². The zero-order valence-corrected chi connectivity index (χ0v) is 5.23. The van der Waals surface area contributed by atoms with Gasteiger partial charge in [0.05, 0.1) is 18.3 Å². The smallest absolute Gasteiger partial charge is 0.153 e. The molecule has 1 aromatic heterocycles. The molecule has 0 amide bonds. The van der Waals surface area contributed by atoms with E-state index in [0.717, 1.165) is 6.29 Å². The van der Waals surface area contributed by atoms with Crippen molar-refractivity contribution < 1.29 is 9.59 Å². The Morgan fingerprint density at radius 2 is 2.40 bits per heavy atom. The molecule has 0 bridgehead atoms. The number of rotatable bonds is 3. The SMILES string of the molecule is O=CCn1cc(C=O)cn1. The van der Waals surface area contributed by atoms with Crippen LogP contribution >= 0.6 is 0 Å². The van der Waals surface area contributed by atoms with Crippen LogP contribution in [0.4, 0.5) is 0 Å². The fraction of sp³-hybridized carbons (Fsp3) is 0.167. The van der Waals surface area contributed by atoms with E-state index in [-0.39, 0.29) is 6.54 Å². The first-order chi connectivity index (χ1) is 4.86. The highest BCUT2D eigenvalue weighted by Gasteiger charge is 1.93. The summed E-state index contributed by atoms with van der Waals surface area (Å²) in [4.78, 5) is 20.0. The van der Waals surface area contributed by atoms with Gasteiger partial charge in [0.1, 0.15) is 6.29 Å². The summed E-state index contributed by atoms with van der Waals surface area (Å²) in [6.07, 6.45) is 4.34. The molecule has 0 unspecified atom stereocenters. The lowest BCUT2D eigenvalue weighted by Crippen LogP contribution is -1.97. The van der Waals surface area contributed by atoms with Crippen molar-refractivity contribution in [3.8, 4) is 0 Å². The lowest BCUT2D eigenvalue weighted by molar-refractivity contribution is -0.108. The van der Waals surface area contributed by atoms with Gasteiger partial charge < -0.3 is 4.79 Å². The van der Waals surface area contributed by atoms with Crippen molar-refractivity contribution in [2.75, 3.05) is 0 Å². The van der Waals surface area contributed by atoms with Crippen LogP contribution in [0.15, 0.2) is 12.4 Å². The minimum absolute atomic E-state index is 0.202. The van der Waals surface area contributed by atoms with Gasteiger partial charge in [-0.15, -0.1) is 0 Å². The topological polar surface area (TPSA) is 52.0 Å². The highest BCUT2D eigenvalue weighted by molar-refractivity contribution is 5.73. The molecule has 1 aromatic rings. The van der Waals surface area contributed by atoms with Crippen LogP contribution in [0.1, 0.15) is 10.4 Å². The largest absolute Gasteiger partial charge is 0.301 e. The minimum Gasteiger partial charge on any atom is -0.301 e. The zero-order chi connectivity index (χ0) is 7.40. The first-order valence-electron chi connectivity index (χ1n) is 2.78. The molecule has 1 rings (SSSR count). The molecule has 52 valence electrons. The number of hydrogen-bond donors (Lipinski definition) is 0. The Kier molecular flexibility index (Phi) is 1.94. The van der Waals surface area contributed by atoms with Crippen molar-refractivity contribution in [1.82, 2.24) is 9.78 Å². The third kappa shape index (κ3) is 1.28. The van der Waals surface area contributed by atoms with Gasteiger partial charge in [0.2, 0.25) is 0 Å². The summed E-state index contributed by atoms with van der Waals surface area (Å²) in [6, 6.07) is 0. The van der Waals surface area contributed by atoms with Gasteiger partial charge in [-0.3, -0.25) is 9.48 Å². The summed E-state index contributed by atoms with van der Waals surface area (Å²) in [6.45, 7) is 0.202. The third-order valence-electron chi connectivity index (χ3n) is 1.05. The van der Waals surface area contributed by atoms with Crippen molar-refractivity contribution >= 4 is 12.6 Å².